The molecule has 1 aliphatic heterocycles. The number of ether oxygens (including phenoxy) is 2. The third-order valence-corrected chi connectivity index (χ3v) is 5.63. The van der Waals surface area contributed by atoms with Crippen LogP contribution in [0.25, 0.3) is 0 Å². The zero-order valence-corrected chi connectivity index (χ0v) is 16.8. The lowest BCUT2D eigenvalue weighted by molar-refractivity contribution is -0.178. The largest absolute Gasteiger partial charge is 0.459 e. The first-order valence-electron chi connectivity index (χ1n) is 9.66. The molecule has 4 N–H and O–H groups in total. The van der Waals surface area contributed by atoms with E-state index in [0.29, 0.717) is 0 Å². The molecule has 2 aliphatic rings. The molecule has 2 aromatic carbocycles. The summed E-state index contributed by atoms with van der Waals surface area (Å²) < 4.78 is 10.7. The molecule has 0 aromatic heterocycles. The Balaban J connectivity index is 1.94. The molecule has 0 radical (unpaired) electrons. The Morgan fingerprint density at radius 1 is 1.23 bits per heavy atom. The molecule has 0 bridgehead atoms. The SMILES string of the molecule is CCOC(=O)C(=O)NC12C(=O)c3c(N)cccc3C1(O)Oc1cc(C(C)C)ccc12. The third kappa shape index (κ3) is 2.40. The van der Waals surface area contributed by atoms with Crippen LogP contribution in [0.2, 0.25) is 0 Å². The number of nitrogen functional groups attached to an aromatic ring is 1. The number of carbonyl (C=O) groups is 3. The minimum absolute atomic E-state index is 0.0184. The fourth-order valence-corrected chi connectivity index (χ4v) is 4.16. The second kappa shape index (κ2) is 6.56. The number of amides is 1. The van der Waals surface area contributed by atoms with Gasteiger partial charge in [0.05, 0.1) is 12.2 Å². The quantitative estimate of drug-likeness (QED) is 0.399. The van der Waals surface area contributed by atoms with Crippen molar-refractivity contribution < 1.29 is 29.0 Å². The molecule has 0 saturated carbocycles. The number of fused-ring (bicyclic) bond motifs is 5. The molecule has 2 atom stereocenters. The number of carbonyl (C=O) groups excluding carboxylic acids is 3. The molecule has 2 unspecified atom stereocenters. The molecule has 1 heterocycles. The van der Waals surface area contributed by atoms with Gasteiger partial charge < -0.3 is 25.6 Å². The van der Waals surface area contributed by atoms with Crippen LogP contribution in [0.3, 0.4) is 0 Å². The normalized spacial score (nSPS) is 23.4. The van der Waals surface area contributed by atoms with Gasteiger partial charge in [0.2, 0.25) is 11.3 Å². The minimum Gasteiger partial charge on any atom is -0.459 e. The number of esters is 1. The third-order valence-electron chi connectivity index (χ3n) is 5.63. The highest BCUT2D eigenvalue weighted by atomic mass is 16.6. The van der Waals surface area contributed by atoms with Crippen LogP contribution in [-0.4, -0.2) is 29.4 Å². The van der Waals surface area contributed by atoms with E-state index in [0.717, 1.165) is 5.56 Å². The smallest absolute Gasteiger partial charge is 0.396 e. The zero-order valence-electron chi connectivity index (χ0n) is 16.8. The molecule has 8 nitrogen and oxygen atoms in total. The first-order valence-corrected chi connectivity index (χ1v) is 9.66. The molecular weight excluding hydrogens is 388 g/mol. The van der Waals surface area contributed by atoms with Gasteiger partial charge in [-0.1, -0.05) is 38.1 Å². The monoisotopic (exact) mass is 410 g/mol. The van der Waals surface area contributed by atoms with Gasteiger partial charge in [-0.05, 0) is 30.5 Å². The van der Waals surface area contributed by atoms with Crippen LogP contribution in [0.15, 0.2) is 36.4 Å². The van der Waals surface area contributed by atoms with E-state index >= 15 is 0 Å². The highest BCUT2D eigenvalue weighted by Gasteiger charge is 2.72. The lowest BCUT2D eigenvalue weighted by Gasteiger charge is -2.34. The average Bonchev–Trinajstić information content (AvgIpc) is 3.05. The Morgan fingerprint density at radius 2 is 1.97 bits per heavy atom. The van der Waals surface area contributed by atoms with Crippen molar-refractivity contribution in [3.63, 3.8) is 0 Å². The molecule has 2 aromatic rings. The first kappa shape index (κ1) is 19.9. The Morgan fingerprint density at radius 3 is 2.63 bits per heavy atom. The molecule has 4 rings (SSSR count). The van der Waals surface area contributed by atoms with Gasteiger partial charge in [0.15, 0.2) is 0 Å². The van der Waals surface area contributed by atoms with E-state index in [1.807, 2.05) is 13.8 Å². The number of anilines is 1. The van der Waals surface area contributed by atoms with Crippen LogP contribution in [0.5, 0.6) is 5.75 Å². The lowest BCUT2D eigenvalue weighted by atomic mass is 9.82. The fraction of sp³-hybridized carbons (Fsp3) is 0.318. The fourth-order valence-electron chi connectivity index (χ4n) is 4.16. The van der Waals surface area contributed by atoms with Crippen molar-refractivity contribution >= 4 is 23.3 Å². The molecule has 156 valence electrons. The van der Waals surface area contributed by atoms with Crippen molar-refractivity contribution in [3.8, 4) is 5.75 Å². The summed E-state index contributed by atoms with van der Waals surface area (Å²) in [5, 5.41) is 14.1. The molecule has 0 saturated heterocycles. The van der Waals surface area contributed by atoms with Gasteiger partial charge in [0.1, 0.15) is 5.75 Å². The van der Waals surface area contributed by atoms with Crippen molar-refractivity contribution in [2.24, 2.45) is 0 Å². The molecular formula is C22H22N2O6. The van der Waals surface area contributed by atoms with Crippen molar-refractivity contribution in [1.82, 2.24) is 5.32 Å². The zero-order chi connectivity index (χ0) is 21.8. The summed E-state index contributed by atoms with van der Waals surface area (Å²) >= 11 is 0. The van der Waals surface area contributed by atoms with Crippen LogP contribution in [-0.2, 0) is 25.7 Å². The molecule has 1 amide bonds. The van der Waals surface area contributed by atoms with Crippen molar-refractivity contribution in [2.75, 3.05) is 12.3 Å². The van der Waals surface area contributed by atoms with Gasteiger partial charge in [0.25, 0.3) is 5.79 Å². The summed E-state index contributed by atoms with van der Waals surface area (Å²) in [6, 6.07) is 9.73. The van der Waals surface area contributed by atoms with E-state index in [1.54, 1.807) is 31.2 Å². The Hall–Kier alpha value is -3.39. The summed E-state index contributed by atoms with van der Waals surface area (Å²) in [7, 11) is 0. The van der Waals surface area contributed by atoms with Crippen LogP contribution in [0, 0.1) is 0 Å². The number of rotatable bonds is 3. The molecule has 0 spiro atoms. The Labute approximate surface area is 173 Å². The van der Waals surface area contributed by atoms with Gasteiger partial charge in [-0.15, -0.1) is 0 Å². The molecule has 1 aliphatic carbocycles. The van der Waals surface area contributed by atoms with E-state index in [2.05, 4.69) is 5.32 Å². The Kier molecular flexibility index (Phi) is 4.36. The highest BCUT2D eigenvalue weighted by Crippen LogP contribution is 2.59. The summed E-state index contributed by atoms with van der Waals surface area (Å²) in [4.78, 5) is 38.3. The van der Waals surface area contributed by atoms with Crippen LogP contribution >= 0.6 is 0 Å². The van der Waals surface area contributed by atoms with Gasteiger partial charge in [-0.2, -0.15) is 0 Å². The predicted molar refractivity (Wildman–Crippen MR) is 107 cm³/mol. The van der Waals surface area contributed by atoms with Gasteiger partial charge in [-0.25, -0.2) is 4.79 Å². The van der Waals surface area contributed by atoms with Crippen molar-refractivity contribution in [1.29, 1.82) is 0 Å². The average molecular weight is 410 g/mol. The van der Waals surface area contributed by atoms with E-state index in [1.165, 1.54) is 12.1 Å². The van der Waals surface area contributed by atoms with E-state index in [4.69, 9.17) is 15.2 Å². The topological polar surface area (TPSA) is 128 Å². The second-order valence-electron chi connectivity index (χ2n) is 7.68. The van der Waals surface area contributed by atoms with E-state index in [9.17, 15) is 19.5 Å². The summed E-state index contributed by atoms with van der Waals surface area (Å²) in [5.41, 5.74) is 5.41. The van der Waals surface area contributed by atoms with Gasteiger partial charge in [0, 0.05) is 16.8 Å². The number of hydrogen-bond donors (Lipinski definition) is 3. The van der Waals surface area contributed by atoms with Crippen molar-refractivity contribution in [3.05, 3.63) is 58.7 Å². The number of ketones is 1. The van der Waals surface area contributed by atoms with Crippen LogP contribution in [0.4, 0.5) is 5.69 Å². The summed E-state index contributed by atoms with van der Waals surface area (Å²) in [5.74, 6) is -4.86. The van der Waals surface area contributed by atoms with Crippen molar-refractivity contribution in [2.45, 2.75) is 38.0 Å². The number of nitrogens with two attached hydrogens (primary N) is 1. The van der Waals surface area contributed by atoms with Crippen LogP contribution in [0.1, 0.15) is 53.7 Å². The number of Topliss-reactive ketones (excluding diaryl/α,β-unsaturated/α-hetero) is 1. The van der Waals surface area contributed by atoms with Gasteiger partial charge >= 0.3 is 11.9 Å². The Bertz CT molecular complexity index is 1100. The predicted octanol–water partition coefficient (Wildman–Crippen LogP) is 1.70. The van der Waals surface area contributed by atoms with Crippen LogP contribution < -0.4 is 15.8 Å². The lowest BCUT2D eigenvalue weighted by Crippen LogP contribution is -2.61. The number of benzene rings is 2. The molecule has 8 heteroatoms. The summed E-state index contributed by atoms with van der Waals surface area (Å²) in [6.07, 6.45) is 0. The maximum absolute atomic E-state index is 13.6. The minimum atomic E-state index is -2.27. The number of nitrogens with one attached hydrogen (secondary N) is 1. The molecule has 30 heavy (non-hydrogen) atoms. The first-order chi connectivity index (χ1) is 14.2. The van der Waals surface area contributed by atoms with E-state index < -0.39 is 29.0 Å². The highest BCUT2D eigenvalue weighted by molar-refractivity contribution is 6.34. The number of hydrogen-bond acceptors (Lipinski definition) is 7. The van der Waals surface area contributed by atoms with E-state index in [-0.39, 0.29) is 40.7 Å². The second-order valence-corrected chi connectivity index (χ2v) is 7.68. The maximum Gasteiger partial charge on any atom is 0.396 e. The number of aliphatic hydroxyl groups is 1. The maximum atomic E-state index is 13.6. The van der Waals surface area contributed by atoms with Gasteiger partial charge in [-0.3, -0.25) is 9.59 Å². The summed E-state index contributed by atoms with van der Waals surface area (Å²) in [6.45, 7) is 5.52. The molecule has 0 fully saturated rings. The standard InChI is InChI=1S/C22H22N2O6/c1-4-29-20(27)19(26)24-21-13-9-8-12(11(2)3)10-16(13)30-22(21,28)14-6-5-7-15(23)17(14)18(21)25/h5-11,28H,4,23H2,1-3H3,(H,24,26).